The SMILES string of the molecule is CCN(C)c1cc2[nH]c(Nc3ccccc3C(F)(F)F)nc2cc1C(=O)O. The molecule has 2 aromatic carbocycles. The van der Waals surface area contributed by atoms with Crippen molar-refractivity contribution < 1.29 is 23.1 Å². The molecule has 0 bridgehead atoms. The van der Waals surface area contributed by atoms with E-state index in [2.05, 4.69) is 15.3 Å². The number of aromatic carboxylic acids is 1. The number of imidazole rings is 1. The van der Waals surface area contributed by atoms with Gasteiger partial charge in [0.15, 0.2) is 0 Å². The molecule has 0 aliphatic rings. The summed E-state index contributed by atoms with van der Waals surface area (Å²) in [4.78, 5) is 20.4. The Balaban J connectivity index is 2.05. The molecule has 3 N–H and O–H groups in total. The van der Waals surface area contributed by atoms with Crippen molar-refractivity contribution in [1.29, 1.82) is 0 Å². The first-order chi connectivity index (χ1) is 12.7. The van der Waals surface area contributed by atoms with Crippen LogP contribution in [0.15, 0.2) is 36.4 Å². The Bertz CT molecular complexity index is 998. The van der Waals surface area contributed by atoms with E-state index in [1.807, 2.05) is 6.92 Å². The van der Waals surface area contributed by atoms with E-state index < -0.39 is 17.7 Å². The zero-order valence-corrected chi connectivity index (χ0v) is 14.6. The number of H-pyrrole nitrogens is 1. The fraction of sp³-hybridized carbons (Fsp3) is 0.222. The Morgan fingerprint density at radius 2 is 2.00 bits per heavy atom. The maximum atomic E-state index is 13.1. The van der Waals surface area contributed by atoms with Crippen molar-refractivity contribution in [3.63, 3.8) is 0 Å². The molecule has 0 fully saturated rings. The van der Waals surface area contributed by atoms with E-state index in [4.69, 9.17) is 0 Å². The van der Waals surface area contributed by atoms with Crippen molar-refractivity contribution in [1.82, 2.24) is 9.97 Å². The van der Waals surface area contributed by atoms with E-state index in [0.29, 0.717) is 23.3 Å². The molecular weight excluding hydrogens is 361 g/mol. The third kappa shape index (κ3) is 3.67. The number of fused-ring (bicyclic) bond motifs is 1. The molecule has 1 aromatic heterocycles. The van der Waals surface area contributed by atoms with Gasteiger partial charge in [0.2, 0.25) is 5.95 Å². The Hall–Kier alpha value is -3.23. The number of carboxylic acids is 1. The lowest BCUT2D eigenvalue weighted by molar-refractivity contribution is -0.136. The van der Waals surface area contributed by atoms with Crippen LogP contribution in [0.4, 0.5) is 30.5 Å². The van der Waals surface area contributed by atoms with Gasteiger partial charge >= 0.3 is 12.1 Å². The summed E-state index contributed by atoms with van der Waals surface area (Å²) in [6, 6.07) is 8.08. The van der Waals surface area contributed by atoms with E-state index in [-0.39, 0.29) is 17.2 Å². The van der Waals surface area contributed by atoms with E-state index in [0.717, 1.165) is 6.07 Å². The highest BCUT2D eigenvalue weighted by Gasteiger charge is 2.33. The number of para-hydroxylation sites is 1. The van der Waals surface area contributed by atoms with Crippen LogP contribution in [0.2, 0.25) is 0 Å². The highest BCUT2D eigenvalue weighted by Crippen LogP contribution is 2.36. The van der Waals surface area contributed by atoms with Gasteiger partial charge in [0.25, 0.3) is 0 Å². The number of aromatic amines is 1. The fourth-order valence-electron chi connectivity index (χ4n) is 2.73. The van der Waals surface area contributed by atoms with Crippen LogP contribution in [0, 0.1) is 0 Å². The lowest BCUT2D eigenvalue weighted by Gasteiger charge is -2.18. The smallest absolute Gasteiger partial charge is 0.418 e. The van der Waals surface area contributed by atoms with Gasteiger partial charge in [-0.1, -0.05) is 12.1 Å². The molecule has 0 unspecified atom stereocenters. The molecule has 3 aromatic rings. The standard InChI is InChI=1S/C18H17F3N4O2/c1-3-25(2)15-9-14-13(8-10(15)16(26)27)23-17(24-14)22-12-7-5-4-6-11(12)18(19,20)21/h4-9H,3H2,1-2H3,(H,26,27)(H2,22,23,24). The number of anilines is 3. The molecule has 0 spiro atoms. The predicted octanol–water partition coefficient (Wildman–Crippen LogP) is 4.48. The van der Waals surface area contributed by atoms with Crippen molar-refractivity contribution in [3.8, 4) is 0 Å². The highest BCUT2D eigenvalue weighted by atomic mass is 19.4. The number of nitrogens with one attached hydrogen (secondary N) is 2. The lowest BCUT2D eigenvalue weighted by Crippen LogP contribution is -2.19. The highest BCUT2D eigenvalue weighted by molar-refractivity contribution is 6.00. The zero-order chi connectivity index (χ0) is 19.8. The van der Waals surface area contributed by atoms with Crippen molar-refractivity contribution in [3.05, 3.63) is 47.5 Å². The number of benzene rings is 2. The second kappa shape index (κ2) is 6.82. The third-order valence-electron chi connectivity index (χ3n) is 4.20. The van der Waals surface area contributed by atoms with Crippen LogP contribution in [0.3, 0.4) is 0 Å². The van der Waals surface area contributed by atoms with Crippen molar-refractivity contribution in [2.45, 2.75) is 13.1 Å². The van der Waals surface area contributed by atoms with Gasteiger partial charge in [0.1, 0.15) is 0 Å². The minimum atomic E-state index is -4.51. The first-order valence-corrected chi connectivity index (χ1v) is 8.12. The lowest BCUT2D eigenvalue weighted by atomic mass is 10.1. The molecule has 0 saturated carbocycles. The fourth-order valence-corrected chi connectivity index (χ4v) is 2.73. The molecule has 27 heavy (non-hydrogen) atoms. The third-order valence-corrected chi connectivity index (χ3v) is 4.20. The average Bonchev–Trinajstić information content (AvgIpc) is 3.00. The van der Waals surface area contributed by atoms with Crippen LogP contribution < -0.4 is 10.2 Å². The van der Waals surface area contributed by atoms with Crippen molar-refractivity contribution in [2.75, 3.05) is 23.8 Å². The molecule has 1 heterocycles. The number of nitrogens with zero attached hydrogens (tertiary/aromatic N) is 2. The minimum absolute atomic E-state index is 0.0700. The van der Waals surface area contributed by atoms with Crippen LogP contribution in [0.1, 0.15) is 22.8 Å². The zero-order valence-electron chi connectivity index (χ0n) is 14.6. The van der Waals surface area contributed by atoms with Crippen molar-refractivity contribution in [2.24, 2.45) is 0 Å². The molecule has 3 rings (SSSR count). The van der Waals surface area contributed by atoms with Crippen LogP contribution in [0.5, 0.6) is 0 Å². The number of carbonyl (C=O) groups is 1. The van der Waals surface area contributed by atoms with Gasteiger partial charge in [-0.15, -0.1) is 0 Å². The number of hydrogen-bond donors (Lipinski definition) is 3. The van der Waals surface area contributed by atoms with Crippen LogP contribution in [-0.2, 0) is 6.18 Å². The Kier molecular flexibility index (Phi) is 4.69. The normalized spacial score (nSPS) is 11.6. The number of alkyl halides is 3. The van der Waals surface area contributed by atoms with E-state index in [1.165, 1.54) is 24.3 Å². The summed E-state index contributed by atoms with van der Waals surface area (Å²) >= 11 is 0. The maximum absolute atomic E-state index is 13.1. The molecule has 0 saturated heterocycles. The summed E-state index contributed by atoms with van der Waals surface area (Å²) < 4.78 is 39.4. The molecule has 6 nitrogen and oxygen atoms in total. The number of hydrogen-bond acceptors (Lipinski definition) is 4. The van der Waals surface area contributed by atoms with Gasteiger partial charge in [-0.2, -0.15) is 13.2 Å². The first-order valence-electron chi connectivity index (χ1n) is 8.12. The first kappa shape index (κ1) is 18.6. The van der Waals surface area contributed by atoms with Gasteiger partial charge in [-0.25, -0.2) is 9.78 Å². The minimum Gasteiger partial charge on any atom is -0.478 e. The van der Waals surface area contributed by atoms with Gasteiger partial charge in [0, 0.05) is 13.6 Å². The summed E-state index contributed by atoms with van der Waals surface area (Å²) in [6.07, 6.45) is -4.51. The topological polar surface area (TPSA) is 81.2 Å². The summed E-state index contributed by atoms with van der Waals surface area (Å²) in [5.41, 5.74) is 0.454. The van der Waals surface area contributed by atoms with Gasteiger partial charge in [0.05, 0.1) is 33.5 Å². The van der Waals surface area contributed by atoms with Gasteiger partial charge in [-0.05, 0) is 31.2 Å². The van der Waals surface area contributed by atoms with E-state index in [1.54, 1.807) is 18.0 Å². The van der Waals surface area contributed by atoms with Crippen LogP contribution in [0.25, 0.3) is 11.0 Å². The number of aromatic nitrogens is 2. The number of rotatable bonds is 5. The largest absolute Gasteiger partial charge is 0.478 e. The second-order valence-electron chi connectivity index (χ2n) is 5.96. The van der Waals surface area contributed by atoms with Gasteiger partial charge < -0.3 is 20.3 Å². The number of carboxylic acid groups (broad SMARTS) is 1. The maximum Gasteiger partial charge on any atom is 0.418 e. The predicted molar refractivity (Wildman–Crippen MR) is 96.7 cm³/mol. The molecule has 0 radical (unpaired) electrons. The molecule has 0 atom stereocenters. The van der Waals surface area contributed by atoms with E-state index in [9.17, 15) is 23.1 Å². The molecule has 0 aliphatic heterocycles. The molecule has 9 heteroatoms. The Morgan fingerprint density at radius 3 is 2.63 bits per heavy atom. The molecular formula is C18H17F3N4O2. The van der Waals surface area contributed by atoms with Crippen molar-refractivity contribution >= 4 is 34.3 Å². The summed E-state index contributed by atoms with van der Waals surface area (Å²) in [5, 5.41) is 12.1. The van der Waals surface area contributed by atoms with Crippen LogP contribution >= 0.6 is 0 Å². The monoisotopic (exact) mass is 378 g/mol. The summed E-state index contributed by atoms with van der Waals surface area (Å²) in [6.45, 7) is 2.47. The Morgan fingerprint density at radius 1 is 1.30 bits per heavy atom. The summed E-state index contributed by atoms with van der Waals surface area (Å²) in [7, 11) is 1.75. The van der Waals surface area contributed by atoms with Gasteiger partial charge in [-0.3, -0.25) is 0 Å². The molecule has 0 aliphatic carbocycles. The summed E-state index contributed by atoms with van der Waals surface area (Å²) in [5.74, 6) is -1.01. The molecule has 0 amide bonds. The number of halogens is 3. The quantitative estimate of drug-likeness (QED) is 0.610. The average molecular weight is 378 g/mol. The second-order valence-corrected chi connectivity index (χ2v) is 5.96. The molecule has 142 valence electrons. The van der Waals surface area contributed by atoms with E-state index >= 15 is 0 Å². The van der Waals surface area contributed by atoms with Crippen LogP contribution in [-0.4, -0.2) is 34.6 Å². The Labute approximate surface area is 152 Å².